The van der Waals surface area contributed by atoms with E-state index in [9.17, 15) is 9.59 Å². The summed E-state index contributed by atoms with van der Waals surface area (Å²) in [5.41, 5.74) is 0.206. The predicted octanol–water partition coefficient (Wildman–Crippen LogP) is 2.29. The minimum atomic E-state index is -1.06. The van der Waals surface area contributed by atoms with Gasteiger partial charge in [-0.05, 0) is 36.0 Å². The van der Waals surface area contributed by atoms with Gasteiger partial charge in [-0.25, -0.2) is 4.79 Å². The average Bonchev–Trinajstić information content (AvgIpc) is 2.42. The van der Waals surface area contributed by atoms with Crippen LogP contribution in [0, 0.1) is 5.92 Å². The topological polar surface area (TPSA) is 79.3 Å². The molecule has 0 unspecified atom stereocenters. The molecule has 110 valence electrons. The summed E-state index contributed by atoms with van der Waals surface area (Å²) < 4.78 is 0. The van der Waals surface area contributed by atoms with Crippen LogP contribution in [0.1, 0.15) is 41.1 Å². The second kappa shape index (κ2) is 8.58. The second-order valence-electron chi connectivity index (χ2n) is 4.81. The molecule has 0 fully saturated rings. The SMILES string of the molecule is CC(C)CSCCCNC(=O)c1cc(C(=O)O)ccn1. The molecule has 20 heavy (non-hydrogen) atoms. The van der Waals surface area contributed by atoms with Crippen molar-refractivity contribution in [3.05, 3.63) is 29.6 Å². The van der Waals surface area contributed by atoms with Crippen molar-refractivity contribution in [2.24, 2.45) is 5.92 Å². The number of carbonyl (C=O) groups is 2. The lowest BCUT2D eigenvalue weighted by atomic mass is 10.2. The van der Waals surface area contributed by atoms with Gasteiger partial charge in [-0.3, -0.25) is 9.78 Å². The van der Waals surface area contributed by atoms with Crippen molar-refractivity contribution in [1.82, 2.24) is 10.3 Å². The number of carboxylic acids is 1. The summed E-state index contributed by atoms with van der Waals surface area (Å²) in [7, 11) is 0. The Balaban J connectivity index is 2.32. The zero-order chi connectivity index (χ0) is 15.0. The first-order chi connectivity index (χ1) is 9.50. The van der Waals surface area contributed by atoms with E-state index in [2.05, 4.69) is 24.1 Å². The highest BCUT2D eigenvalue weighted by atomic mass is 32.2. The fourth-order valence-electron chi connectivity index (χ4n) is 1.47. The number of nitrogens with zero attached hydrogens (tertiary/aromatic N) is 1. The lowest BCUT2D eigenvalue weighted by Gasteiger charge is -2.06. The number of aromatic carboxylic acids is 1. The Kier molecular flexibility index (Phi) is 7.08. The van der Waals surface area contributed by atoms with Gasteiger partial charge < -0.3 is 10.4 Å². The van der Waals surface area contributed by atoms with Crippen molar-refractivity contribution in [3.63, 3.8) is 0 Å². The van der Waals surface area contributed by atoms with Gasteiger partial charge in [-0.1, -0.05) is 13.8 Å². The van der Waals surface area contributed by atoms with Crippen molar-refractivity contribution in [3.8, 4) is 0 Å². The molecule has 0 saturated heterocycles. The predicted molar refractivity (Wildman–Crippen MR) is 80.3 cm³/mol. The molecule has 6 heteroatoms. The molecular weight excluding hydrogens is 276 g/mol. The van der Waals surface area contributed by atoms with E-state index in [1.807, 2.05) is 11.8 Å². The van der Waals surface area contributed by atoms with E-state index in [0.29, 0.717) is 12.5 Å². The summed E-state index contributed by atoms with van der Waals surface area (Å²) in [4.78, 5) is 26.5. The van der Waals surface area contributed by atoms with E-state index in [1.54, 1.807) is 0 Å². The molecule has 0 saturated carbocycles. The van der Waals surface area contributed by atoms with Gasteiger partial charge in [-0.15, -0.1) is 0 Å². The molecule has 5 nitrogen and oxygen atoms in total. The van der Waals surface area contributed by atoms with Gasteiger partial charge in [0.1, 0.15) is 5.69 Å². The number of carbonyl (C=O) groups excluding carboxylic acids is 1. The zero-order valence-electron chi connectivity index (χ0n) is 11.8. The molecule has 0 spiro atoms. The summed E-state index contributed by atoms with van der Waals surface area (Å²) in [5, 5.41) is 11.6. The largest absolute Gasteiger partial charge is 0.478 e. The molecule has 0 aromatic carbocycles. The molecule has 0 radical (unpaired) electrons. The molecule has 2 N–H and O–H groups in total. The fraction of sp³-hybridized carbons (Fsp3) is 0.500. The van der Waals surface area contributed by atoms with Gasteiger partial charge in [0.05, 0.1) is 5.56 Å². The van der Waals surface area contributed by atoms with Crippen LogP contribution >= 0.6 is 11.8 Å². The number of aromatic nitrogens is 1. The average molecular weight is 296 g/mol. The molecular formula is C14H20N2O3S. The minimum Gasteiger partial charge on any atom is -0.478 e. The van der Waals surface area contributed by atoms with E-state index in [-0.39, 0.29) is 17.2 Å². The zero-order valence-corrected chi connectivity index (χ0v) is 12.6. The standard InChI is InChI=1S/C14H20N2O3S/c1-10(2)9-20-7-3-5-16-13(17)12-8-11(14(18)19)4-6-15-12/h4,6,8,10H,3,5,7,9H2,1-2H3,(H,16,17)(H,18,19). The quantitative estimate of drug-likeness (QED) is 0.720. The van der Waals surface area contributed by atoms with E-state index in [0.717, 1.165) is 17.9 Å². The van der Waals surface area contributed by atoms with Crippen molar-refractivity contribution in [2.75, 3.05) is 18.1 Å². The lowest BCUT2D eigenvalue weighted by molar-refractivity contribution is 0.0696. The fourth-order valence-corrected chi connectivity index (χ4v) is 2.46. The number of amides is 1. The summed E-state index contributed by atoms with van der Waals surface area (Å²) in [6, 6.07) is 2.65. The summed E-state index contributed by atoms with van der Waals surface area (Å²) in [6.45, 7) is 4.93. The first kappa shape index (κ1) is 16.5. The molecule has 1 rings (SSSR count). The minimum absolute atomic E-state index is 0.0673. The Morgan fingerprint density at radius 1 is 1.45 bits per heavy atom. The molecule has 0 bridgehead atoms. The van der Waals surface area contributed by atoms with Crippen LogP contribution in [0.3, 0.4) is 0 Å². The molecule has 0 atom stereocenters. The Morgan fingerprint density at radius 3 is 2.85 bits per heavy atom. The van der Waals surface area contributed by atoms with Gasteiger partial charge in [0.2, 0.25) is 0 Å². The Morgan fingerprint density at radius 2 is 2.20 bits per heavy atom. The van der Waals surface area contributed by atoms with E-state index in [4.69, 9.17) is 5.11 Å². The molecule has 1 heterocycles. The highest BCUT2D eigenvalue weighted by molar-refractivity contribution is 7.99. The maximum Gasteiger partial charge on any atom is 0.335 e. The number of hydrogen-bond acceptors (Lipinski definition) is 4. The van der Waals surface area contributed by atoms with E-state index in [1.165, 1.54) is 18.3 Å². The highest BCUT2D eigenvalue weighted by Crippen LogP contribution is 2.08. The van der Waals surface area contributed by atoms with Gasteiger partial charge in [-0.2, -0.15) is 11.8 Å². The smallest absolute Gasteiger partial charge is 0.335 e. The Bertz CT molecular complexity index is 463. The van der Waals surface area contributed by atoms with Crippen LogP contribution in [0.25, 0.3) is 0 Å². The van der Waals surface area contributed by atoms with E-state index >= 15 is 0 Å². The maximum absolute atomic E-state index is 11.8. The van der Waals surface area contributed by atoms with Crippen LogP contribution in [0.4, 0.5) is 0 Å². The summed E-state index contributed by atoms with van der Waals surface area (Å²) >= 11 is 1.87. The molecule has 1 aromatic heterocycles. The van der Waals surface area contributed by atoms with Crippen LogP contribution < -0.4 is 5.32 Å². The normalized spacial score (nSPS) is 10.6. The third kappa shape index (κ3) is 6.06. The van der Waals surface area contributed by atoms with Crippen molar-refractivity contribution >= 4 is 23.6 Å². The van der Waals surface area contributed by atoms with Crippen LogP contribution in [0.5, 0.6) is 0 Å². The molecule has 1 aromatic rings. The first-order valence-corrected chi connectivity index (χ1v) is 7.71. The number of carboxylic acid groups (broad SMARTS) is 1. The number of thioether (sulfide) groups is 1. The number of rotatable bonds is 8. The summed E-state index contributed by atoms with van der Waals surface area (Å²) in [5.74, 6) is 1.41. The third-order valence-electron chi connectivity index (χ3n) is 2.44. The molecule has 0 aliphatic heterocycles. The van der Waals surface area contributed by atoms with Gasteiger partial charge in [0.25, 0.3) is 5.91 Å². The van der Waals surface area contributed by atoms with Gasteiger partial charge in [0, 0.05) is 12.7 Å². The van der Waals surface area contributed by atoms with Gasteiger partial charge >= 0.3 is 5.97 Å². The molecule has 1 amide bonds. The Labute approximate surface area is 123 Å². The number of nitrogens with one attached hydrogen (secondary N) is 1. The van der Waals surface area contributed by atoms with Crippen molar-refractivity contribution in [2.45, 2.75) is 20.3 Å². The second-order valence-corrected chi connectivity index (χ2v) is 5.96. The van der Waals surface area contributed by atoms with Gasteiger partial charge in [0.15, 0.2) is 0 Å². The Hall–Kier alpha value is -1.56. The van der Waals surface area contributed by atoms with Crippen LogP contribution in [0.15, 0.2) is 18.3 Å². The monoisotopic (exact) mass is 296 g/mol. The first-order valence-electron chi connectivity index (χ1n) is 6.56. The van der Waals surface area contributed by atoms with Crippen LogP contribution in [0.2, 0.25) is 0 Å². The summed E-state index contributed by atoms with van der Waals surface area (Å²) in [6.07, 6.45) is 2.22. The molecule has 0 aliphatic rings. The maximum atomic E-state index is 11.8. The number of pyridine rings is 1. The highest BCUT2D eigenvalue weighted by Gasteiger charge is 2.10. The van der Waals surface area contributed by atoms with Crippen molar-refractivity contribution in [1.29, 1.82) is 0 Å². The number of hydrogen-bond donors (Lipinski definition) is 2. The molecule has 0 aliphatic carbocycles. The third-order valence-corrected chi connectivity index (χ3v) is 3.92. The lowest BCUT2D eigenvalue weighted by Crippen LogP contribution is -2.26. The van der Waals surface area contributed by atoms with Crippen LogP contribution in [-0.4, -0.2) is 40.0 Å². The van der Waals surface area contributed by atoms with Crippen LogP contribution in [-0.2, 0) is 0 Å². The van der Waals surface area contributed by atoms with Crippen molar-refractivity contribution < 1.29 is 14.7 Å². The van der Waals surface area contributed by atoms with E-state index < -0.39 is 5.97 Å².